The van der Waals surface area contributed by atoms with Gasteiger partial charge in [-0.2, -0.15) is 4.72 Å². The zero-order chi connectivity index (χ0) is 27.6. The number of piperidine rings is 1. The van der Waals surface area contributed by atoms with Crippen molar-refractivity contribution in [3.05, 3.63) is 28.6 Å². The molecular weight excluding hydrogens is 564 g/mol. The number of amides is 2. The van der Waals surface area contributed by atoms with Gasteiger partial charge < -0.3 is 9.80 Å². The molecule has 4 heterocycles. The van der Waals surface area contributed by atoms with Crippen molar-refractivity contribution in [1.29, 1.82) is 0 Å². The summed E-state index contributed by atoms with van der Waals surface area (Å²) in [6, 6.07) is 6.95. The van der Waals surface area contributed by atoms with E-state index in [9.17, 15) is 18.0 Å². The lowest BCUT2D eigenvalue weighted by molar-refractivity contribution is -0.143. The molecule has 0 saturated carbocycles. The normalized spacial score (nSPS) is 20.9. The zero-order valence-corrected chi connectivity index (χ0v) is 25.6. The van der Waals surface area contributed by atoms with Crippen molar-refractivity contribution in [3.63, 3.8) is 0 Å². The maximum atomic E-state index is 13.3. The Morgan fingerprint density at radius 2 is 1.71 bits per heavy atom. The van der Waals surface area contributed by atoms with Crippen LogP contribution in [0.2, 0.25) is 4.34 Å². The average Bonchev–Trinajstić information content (AvgIpc) is 3.60. The summed E-state index contributed by atoms with van der Waals surface area (Å²) in [5.74, 6) is -0.397. The van der Waals surface area contributed by atoms with Crippen molar-refractivity contribution in [2.45, 2.75) is 81.8 Å². The molecule has 2 saturated heterocycles. The molecule has 0 radical (unpaired) electrons. The second-order valence-electron chi connectivity index (χ2n) is 10.6. The quantitative estimate of drug-likeness (QED) is 0.433. The fraction of sp³-hybridized carbons (Fsp3) is 0.615. The van der Waals surface area contributed by atoms with E-state index in [4.69, 9.17) is 11.6 Å². The molecule has 0 aliphatic carbocycles. The first-order valence-electron chi connectivity index (χ1n) is 13.2. The summed E-state index contributed by atoms with van der Waals surface area (Å²) in [6.45, 7) is 10.6. The monoisotopic (exact) mass is 600 g/mol. The lowest BCUT2D eigenvalue weighted by Crippen LogP contribution is -2.55. The Kier molecular flexibility index (Phi) is 9.58. The Morgan fingerprint density at radius 1 is 1.05 bits per heavy atom. The summed E-state index contributed by atoms with van der Waals surface area (Å²) < 4.78 is 29.6. The first-order valence-corrected chi connectivity index (χ1v) is 16.7. The first kappa shape index (κ1) is 29.5. The summed E-state index contributed by atoms with van der Waals surface area (Å²) in [4.78, 5) is 34.1. The molecule has 2 aliphatic rings. The molecule has 2 atom stereocenters. The molecule has 2 aromatic heterocycles. The van der Waals surface area contributed by atoms with E-state index in [0.717, 1.165) is 40.5 Å². The maximum Gasteiger partial charge on any atom is 0.250 e. The van der Waals surface area contributed by atoms with Crippen molar-refractivity contribution < 1.29 is 18.0 Å². The van der Waals surface area contributed by atoms with Crippen LogP contribution in [0, 0.1) is 0 Å². The number of nitrogens with zero attached hydrogens (tertiary/aromatic N) is 3. The molecular formula is C26H37ClN4O4S3. The van der Waals surface area contributed by atoms with E-state index in [1.807, 2.05) is 11.0 Å². The molecule has 8 nitrogen and oxygen atoms in total. The minimum absolute atomic E-state index is 0.0147. The largest absolute Gasteiger partial charge is 0.337 e. The van der Waals surface area contributed by atoms with Gasteiger partial charge in [0.15, 0.2) is 0 Å². The molecule has 12 heteroatoms. The van der Waals surface area contributed by atoms with Crippen molar-refractivity contribution in [1.82, 2.24) is 19.4 Å². The molecule has 0 aromatic carbocycles. The smallest absolute Gasteiger partial charge is 0.250 e. The van der Waals surface area contributed by atoms with Gasteiger partial charge in [0.05, 0.1) is 10.9 Å². The van der Waals surface area contributed by atoms with Crippen molar-refractivity contribution in [2.24, 2.45) is 0 Å². The fourth-order valence-electron chi connectivity index (χ4n) is 5.36. The van der Waals surface area contributed by atoms with Crippen LogP contribution in [0.5, 0.6) is 0 Å². The number of hydrogen-bond acceptors (Lipinski definition) is 7. The van der Waals surface area contributed by atoms with E-state index >= 15 is 0 Å². The van der Waals surface area contributed by atoms with Gasteiger partial charge >= 0.3 is 0 Å². The van der Waals surface area contributed by atoms with Crippen LogP contribution in [0.25, 0.3) is 9.75 Å². The minimum Gasteiger partial charge on any atom is -0.337 e. The zero-order valence-electron chi connectivity index (χ0n) is 22.4. The lowest BCUT2D eigenvalue weighted by Gasteiger charge is -2.37. The molecule has 2 fully saturated rings. The van der Waals surface area contributed by atoms with E-state index in [1.165, 1.54) is 16.2 Å². The van der Waals surface area contributed by atoms with Gasteiger partial charge in [0.2, 0.25) is 11.8 Å². The maximum absolute atomic E-state index is 13.3. The summed E-state index contributed by atoms with van der Waals surface area (Å²) >= 11 is 8.55. The van der Waals surface area contributed by atoms with Gasteiger partial charge in [-0.1, -0.05) is 11.6 Å². The van der Waals surface area contributed by atoms with Crippen molar-refractivity contribution >= 4 is 56.1 Å². The van der Waals surface area contributed by atoms with Gasteiger partial charge in [-0.05, 0) is 77.6 Å². The number of carbonyl (C=O) groups is 2. The number of rotatable bonds is 10. The Balaban J connectivity index is 1.38. The highest BCUT2D eigenvalue weighted by atomic mass is 35.5. The van der Waals surface area contributed by atoms with Crippen LogP contribution in [-0.4, -0.2) is 85.3 Å². The number of hydrogen-bond donors (Lipinski definition) is 1. The highest BCUT2D eigenvalue weighted by Gasteiger charge is 2.37. The van der Waals surface area contributed by atoms with Crippen molar-refractivity contribution in [3.8, 4) is 9.75 Å². The standard InChI is InChI=1S/C26H37ClN4O4S3/c1-17(2)31(18(3)4)15-19-7-5-14-30(19)24(32)16-29-13-6-8-20(26(29)33)28-38(34,35)25-12-10-22(37-25)21-9-11-23(27)36-21/h9-12,17-20,28H,5-8,13-16H2,1-4H3/t19-,20-/m0/s1. The lowest BCUT2D eigenvalue weighted by atomic mass is 10.1. The van der Waals surface area contributed by atoms with E-state index in [1.54, 1.807) is 18.2 Å². The molecule has 2 amide bonds. The highest BCUT2D eigenvalue weighted by molar-refractivity contribution is 7.91. The van der Waals surface area contributed by atoms with Gasteiger partial charge in [-0.25, -0.2) is 8.42 Å². The molecule has 38 heavy (non-hydrogen) atoms. The Hall–Kier alpha value is -1.50. The van der Waals surface area contributed by atoms with E-state index < -0.39 is 16.1 Å². The Labute approximate surface area is 239 Å². The van der Waals surface area contributed by atoms with Crippen LogP contribution in [0.3, 0.4) is 0 Å². The number of nitrogens with one attached hydrogen (secondary N) is 1. The second-order valence-corrected chi connectivity index (χ2v) is 15.3. The van der Waals surface area contributed by atoms with Crippen LogP contribution in [0.4, 0.5) is 0 Å². The number of thiophene rings is 2. The highest BCUT2D eigenvalue weighted by Crippen LogP contribution is 2.37. The number of halogens is 1. The van der Waals surface area contributed by atoms with Gasteiger partial charge in [0.25, 0.3) is 10.0 Å². The molecule has 0 unspecified atom stereocenters. The van der Waals surface area contributed by atoms with Crippen LogP contribution in [-0.2, 0) is 19.6 Å². The molecule has 2 aromatic rings. The Bertz CT molecular complexity index is 1230. The minimum atomic E-state index is -3.89. The van der Waals surface area contributed by atoms with E-state index in [-0.39, 0.29) is 28.6 Å². The topological polar surface area (TPSA) is 90.0 Å². The third-order valence-corrected chi connectivity index (χ3v) is 11.7. The summed E-state index contributed by atoms with van der Waals surface area (Å²) in [6.07, 6.45) is 2.95. The first-order chi connectivity index (χ1) is 18.0. The Morgan fingerprint density at radius 3 is 2.37 bits per heavy atom. The predicted octanol–water partition coefficient (Wildman–Crippen LogP) is 4.51. The van der Waals surface area contributed by atoms with Crippen LogP contribution < -0.4 is 4.72 Å². The number of carbonyl (C=O) groups excluding carboxylic acids is 2. The van der Waals surface area contributed by atoms with Gasteiger partial charge in [0.1, 0.15) is 10.3 Å². The van der Waals surface area contributed by atoms with Gasteiger partial charge in [-0.15, -0.1) is 22.7 Å². The third-order valence-electron chi connectivity index (χ3n) is 7.26. The second kappa shape index (κ2) is 12.3. The van der Waals surface area contributed by atoms with Crippen LogP contribution in [0.1, 0.15) is 53.4 Å². The van der Waals surface area contributed by atoms with Crippen LogP contribution in [0.15, 0.2) is 28.5 Å². The molecule has 1 N–H and O–H groups in total. The van der Waals surface area contributed by atoms with Crippen LogP contribution >= 0.6 is 34.3 Å². The molecule has 0 spiro atoms. The third kappa shape index (κ3) is 6.79. The van der Waals surface area contributed by atoms with Gasteiger partial charge in [-0.3, -0.25) is 14.5 Å². The van der Waals surface area contributed by atoms with Crippen molar-refractivity contribution in [2.75, 3.05) is 26.2 Å². The molecule has 2 aliphatic heterocycles. The number of likely N-dealkylation sites (tertiary alicyclic amines) is 2. The summed E-state index contributed by atoms with van der Waals surface area (Å²) in [5, 5.41) is 0. The average molecular weight is 601 g/mol. The molecule has 210 valence electrons. The van der Waals surface area contributed by atoms with E-state index in [2.05, 4.69) is 37.3 Å². The SMILES string of the molecule is CC(C)N(C[C@@H]1CCCN1C(=O)CN1CCC[C@H](NS(=O)(=O)c2ccc(-c3ccc(Cl)s3)s2)C1=O)C(C)C. The van der Waals surface area contributed by atoms with E-state index in [0.29, 0.717) is 42.4 Å². The van der Waals surface area contributed by atoms with Gasteiger partial charge in [0, 0.05) is 47.5 Å². The summed E-state index contributed by atoms with van der Waals surface area (Å²) in [5.41, 5.74) is 0. The predicted molar refractivity (Wildman–Crippen MR) is 154 cm³/mol. The fourth-order valence-corrected chi connectivity index (χ4v) is 9.04. The summed E-state index contributed by atoms with van der Waals surface area (Å²) in [7, 11) is -3.89. The molecule has 4 rings (SSSR count). The molecule has 0 bridgehead atoms. The number of sulfonamides is 1.